The Hall–Kier alpha value is -0.950. The number of hydrogen-bond donors (Lipinski definition) is 2. The van der Waals surface area contributed by atoms with E-state index in [4.69, 9.17) is 9.47 Å². The highest BCUT2D eigenvalue weighted by Crippen LogP contribution is 2.33. The van der Waals surface area contributed by atoms with Crippen LogP contribution in [0, 0.1) is 0 Å². The predicted molar refractivity (Wildman–Crippen MR) is 91.2 cm³/mol. The topological polar surface area (TPSA) is 59.6 Å². The minimum Gasteiger partial charge on any atom is -0.381 e. The van der Waals surface area contributed by atoms with Gasteiger partial charge in [0.15, 0.2) is 0 Å². The molecule has 2 saturated heterocycles. The molecule has 0 spiro atoms. The Labute approximate surface area is 145 Å². The molecule has 2 N–H and O–H groups in total. The zero-order valence-electron chi connectivity index (χ0n) is 13.1. The van der Waals surface area contributed by atoms with E-state index in [0.717, 1.165) is 36.0 Å². The van der Waals surface area contributed by atoms with Gasteiger partial charge >= 0.3 is 0 Å². The zero-order valence-corrected chi connectivity index (χ0v) is 14.7. The van der Waals surface area contributed by atoms with Crippen LogP contribution in [0.1, 0.15) is 24.8 Å². The van der Waals surface area contributed by atoms with Crippen LogP contribution in [-0.4, -0.2) is 44.9 Å². The van der Waals surface area contributed by atoms with Crippen molar-refractivity contribution in [1.82, 2.24) is 10.6 Å². The van der Waals surface area contributed by atoms with Crippen LogP contribution >= 0.6 is 15.9 Å². The Bertz CT molecular complexity index is 523. The van der Waals surface area contributed by atoms with Gasteiger partial charge in [-0.15, -0.1) is 0 Å². The fourth-order valence-electron chi connectivity index (χ4n) is 3.27. The molecule has 0 bridgehead atoms. The lowest BCUT2D eigenvalue weighted by atomic mass is 9.82. The number of halogens is 1. The molecule has 2 fully saturated rings. The normalized spacial score (nSPS) is 24.1. The number of carbonyl (C=O) groups is 1. The summed E-state index contributed by atoms with van der Waals surface area (Å²) in [6, 6.07) is 8.31. The van der Waals surface area contributed by atoms with Crippen molar-refractivity contribution in [2.24, 2.45) is 0 Å². The third-order valence-corrected chi connectivity index (χ3v) is 5.08. The fourth-order valence-corrected chi connectivity index (χ4v) is 3.53. The summed E-state index contributed by atoms with van der Waals surface area (Å²) in [6.07, 6.45) is 2.04. The highest BCUT2D eigenvalue weighted by Gasteiger charge is 2.36. The Morgan fingerprint density at radius 3 is 2.61 bits per heavy atom. The van der Waals surface area contributed by atoms with E-state index < -0.39 is 0 Å². The fraction of sp³-hybridized carbons (Fsp3) is 0.588. The van der Waals surface area contributed by atoms with Crippen molar-refractivity contribution in [2.45, 2.75) is 30.8 Å². The maximum Gasteiger partial charge on any atom is 0.222 e. The molecule has 1 amide bonds. The first kappa shape index (κ1) is 16.9. The molecule has 5 nitrogen and oxygen atoms in total. The maximum absolute atomic E-state index is 12.6. The Balaban J connectivity index is 1.70. The third kappa shape index (κ3) is 4.32. The summed E-state index contributed by atoms with van der Waals surface area (Å²) in [6.45, 7) is 3.46. The number of ether oxygens (including phenoxy) is 2. The quantitative estimate of drug-likeness (QED) is 0.835. The van der Waals surface area contributed by atoms with Crippen molar-refractivity contribution < 1.29 is 14.3 Å². The number of amides is 1. The molecule has 126 valence electrons. The van der Waals surface area contributed by atoms with Gasteiger partial charge in [0.1, 0.15) is 0 Å². The third-order valence-electron chi connectivity index (χ3n) is 4.55. The lowest BCUT2D eigenvalue weighted by molar-refractivity contribution is -0.125. The average Bonchev–Trinajstić information content (AvgIpc) is 2.57. The van der Waals surface area contributed by atoms with Crippen LogP contribution in [0.4, 0.5) is 0 Å². The van der Waals surface area contributed by atoms with Gasteiger partial charge in [-0.3, -0.25) is 4.79 Å². The lowest BCUT2D eigenvalue weighted by Crippen LogP contribution is -2.52. The van der Waals surface area contributed by atoms with Gasteiger partial charge in [0, 0.05) is 36.7 Å². The van der Waals surface area contributed by atoms with E-state index in [-0.39, 0.29) is 17.5 Å². The van der Waals surface area contributed by atoms with Gasteiger partial charge in [0.25, 0.3) is 0 Å². The molecule has 0 saturated carbocycles. The highest BCUT2D eigenvalue weighted by molar-refractivity contribution is 9.10. The van der Waals surface area contributed by atoms with Gasteiger partial charge in [0.05, 0.1) is 18.8 Å². The first-order chi connectivity index (χ1) is 11.2. The van der Waals surface area contributed by atoms with Gasteiger partial charge < -0.3 is 20.1 Å². The molecule has 3 rings (SSSR count). The molecule has 1 atom stereocenters. The van der Waals surface area contributed by atoms with Gasteiger partial charge in [-0.1, -0.05) is 28.1 Å². The van der Waals surface area contributed by atoms with Gasteiger partial charge in [-0.05, 0) is 30.5 Å². The lowest BCUT2D eigenvalue weighted by Gasteiger charge is -2.39. The van der Waals surface area contributed by atoms with Crippen LogP contribution in [0.15, 0.2) is 28.7 Å². The number of carbonyl (C=O) groups excluding carboxylic acids is 1. The number of rotatable bonds is 4. The molecule has 2 aliphatic rings. The molecule has 6 heteroatoms. The van der Waals surface area contributed by atoms with E-state index in [1.54, 1.807) is 0 Å². The van der Waals surface area contributed by atoms with E-state index >= 15 is 0 Å². The van der Waals surface area contributed by atoms with Crippen LogP contribution in [0.25, 0.3) is 0 Å². The minimum atomic E-state index is -0.328. The standard InChI is InChI=1S/C17H23BrN2O3/c18-14-3-1-13(2-4-14)17(5-8-22-9-6-17)20-16(21)11-15-12-23-10-7-19-15/h1-4,15,19H,5-12H2,(H,20,21). The molecule has 1 unspecified atom stereocenters. The Morgan fingerprint density at radius 1 is 1.22 bits per heavy atom. The van der Waals surface area contributed by atoms with Crippen LogP contribution in [0.2, 0.25) is 0 Å². The molecule has 1 aromatic rings. The molecular formula is C17H23BrN2O3. The minimum absolute atomic E-state index is 0.0674. The van der Waals surface area contributed by atoms with E-state index in [1.165, 1.54) is 0 Å². The largest absolute Gasteiger partial charge is 0.381 e. The molecule has 0 aliphatic carbocycles. The number of nitrogens with one attached hydrogen (secondary N) is 2. The smallest absolute Gasteiger partial charge is 0.222 e. The molecule has 2 aliphatic heterocycles. The summed E-state index contributed by atoms with van der Waals surface area (Å²) in [7, 11) is 0. The molecular weight excluding hydrogens is 360 g/mol. The van der Waals surface area contributed by atoms with E-state index in [0.29, 0.717) is 26.2 Å². The van der Waals surface area contributed by atoms with Crippen molar-refractivity contribution in [3.8, 4) is 0 Å². The molecule has 0 radical (unpaired) electrons. The Kier molecular flexibility index (Phi) is 5.69. The average molecular weight is 383 g/mol. The van der Waals surface area contributed by atoms with Crippen molar-refractivity contribution >= 4 is 21.8 Å². The summed E-state index contributed by atoms with van der Waals surface area (Å²) < 4.78 is 12.0. The molecule has 23 heavy (non-hydrogen) atoms. The highest BCUT2D eigenvalue weighted by atomic mass is 79.9. The van der Waals surface area contributed by atoms with E-state index in [9.17, 15) is 4.79 Å². The second-order valence-corrected chi connectivity index (χ2v) is 7.10. The number of hydrogen-bond acceptors (Lipinski definition) is 4. The van der Waals surface area contributed by atoms with Gasteiger partial charge in [-0.2, -0.15) is 0 Å². The maximum atomic E-state index is 12.6. The SMILES string of the molecule is O=C(CC1COCCN1)NC1(c2ccc(Br)cc2)CCOCC1. The summed E-state index contributed by atoms with van der Waals surface area (Å²) >= 11 is 3.47. The van der Waals surface area contributed by atoms with E-state index in [2.05, 4.69) is 38.7 Å². The monoisotopic (exact) mass is 382 g/mol. The predicted octanol–water partition coefficient (Wildman–Crippen LogP) is 1.95. The first-order valence-electron chi connectivity index (χ1n) is 8.14. The van der Waals surface area contributed by atoms with Crippen molar-refractivity contribution in [2.75, 3.05) is 33.0 Å². The van der Waals surface area contributed by atoms with Gasteiger partial charge in [0.2, 0.25) is 5.91 Å². The van der Waals surface area contributed by atoms with Crippen molar-refractivity contribution in [1.29, 1.82) is 0 Å². The first-order valence-corrected chi connectivity index (χ1v) is 8.93. The Morgan fingerprint density at radius 2 is 1.96 bits per heavy atom. The van der Waals surface area contributed by atoms with Crippen molar-refractivity contribution in [3.63, 3.8) is 0 Å². The summed E-state index contributed by atoms with van der Waals surface area (Å²) in [5.74, 6) is 0.0674. The number of morpholine rings is 1. The molecule has 0 aromatic heterocycles. The van der Waals surface area contributed by atoms with Gasteiger partial charge in [-0.25, -0.2) is 0 Å². The zero-order chi connectivity index (χ0) is 16.1. The summed E-state index contributed by atoms with van der Waals surface area (Å²) in [5.41, 5.74) is 0.816. The summed E-state index contributed by atoms with van der Waals surface area (Å²) in [4.78, 5) is 12.6. The van der Waals surface area contributed by atoms with Crippen LogP contribution < -0.4 is 10.6 Å². The number of benzene rings is 1. The van der Waals surface area contributed by atoms with Crippen molar-refractivity contribution in [3.05, 3.63) is 34.3 Å². The second-order valence-electron chi connectivity index (χ2n) is 6.18. The van der Waals surface area contributed by atoms with E-state index in [1.807, 2.05) is 12.1 Å². The van der Waals surface area contributed by atoms with Crippen LogP contribution in [0.5, 0.6) is 0 Å². The molecule has 1 aromatic carbocycles. The second kappa shape index (κ2) is 7.75. The van der Waals surface area contributed by atoms with Crippen LogP contribution in [0.3, 0.4) is 0 Å². The van der Waals surface area contributed by atoms with Crippen LogP contribution in [-0.2, 0) is 19.8 Å². The summed E-state index contributed by atoms with van der Waals surface area (Å²) in [5, 5.41) is 6.62. The molecule has 2 heterocycles.